The van der Waals surface area contributed by atoms with Crippen LogP contribution in [0.4, 0.5) is 5.69 Å². The summed E-state index contributed by atoms with van der Waals surface area (Å²) in [5, 5.41) is 20.1. The Morgan fingerprint density at radius 3 is 2.59 bits per heavy atom. The van der Waals surface area contributed by atoms with Gasteiger partial charge >= 0.3 is 5.91 Å². The first-order chi connectivity index (χ1) is 13.1. The number of hydrogen-bond donors (Lipinski definition) is 1. The van der Waals surface area contributed by atoms with Crippen molar-refractivity contribution in [1.82, 2.24) is 9.55 Å². The molecule has 0 spiro atoms. The first kappa shape index (κ1) is 16.9. The van der Waals surface area contributed by atoms with Gasteiger partial charge < -0.3 is 9.67 Å². The lowest BCUT2D eigenvalue weighted by atomic mass is 10.2. The summed E-state index contributed by atoms with van der Waals surface area (Å²) in [5.41, 5.74) is 2.06. The standard InChI is InChI=1S/C21H18N4O2/c1-13(2)25-18-10-6-4-8-15(18)19(21(25)27)23-24-20(26)17-12-11-14-7-3-5-9-16(14)22-17/h3-13,27H,1-2H3. The number of para-hydroxylation sites is 2. The molecular formula is C21H18N4O2. The zero-order valence-electron chi connectivity index (χ0n) is 15.0. The number of pyridine rings is 1. The molecule has 0 aliphatic rings. The van der Waals surface area contributed by atoms with E-state index in [9.17, 15) is 9.90 Å². The SMILES string of the molecule is CC(C)n1c(O)c(N=NC(=O)c2ccc3ccccc3n2)c2ccccc21. The van der Waals surface area contributed by atoms with Crippen LogP contribution >= 0.6 is 0 Å². The lowest BCUT2D eigenvalue weighted by Gasteiger charge is -2.10. The van der Waals surface area contributed by atoms with Crippen LogP contribution in [-0.4, -0.2) is 20.6 Å². The molecule has 0 fully saturated rings. The van der Waals surface area contributed by atoms with E-state index in [0.717, 1.165) is 21.8 Å². The average molecular weight is 358 g/mol. The maximum absolute atomic E-state index is 12.4. The third-order valence-corrected chi connectivity index (χ3v) is 4.43. The van der Waals surface area contributed by atoms with Crippen molar-refractivity contribution in [2.75, 3.05) is 0 Å². The van der Waals surface area contributed by atoms with Gasteiger partial charge in [-0.3, -0.25) is 4.79 Å². The number of carbonyl (C=O) groups is 1. The van der Waals surface area contributed by atoms with E-state index in [2.05, 4.69) is 15.2 Å². The number of amides is 1. The number of aromatic hydroxyl groups is 1. The van der Waals surface area contributed by atoms with Crippen molar-refractivity contribution < 1.29 is 9.90 Å². The summed E-state index contributed by atoms with van der Waals surface area (Å²) >= 11 is 0. The Balaban J connectivity index is 1.74. The van der Waals surface area contributed by atoms with E-state index in [-0.39, 0.29) is 23.3 Å². The predicted octanol–water partition coefficient (Wildman–Crippen LogP) is 5.40. The Labute approximate surface area is 155 Å². The Morgan fingerprint density at radius 2 is 1.78 bits per heavy atom. The zero-order valence-corrected chi connectivity index (χ0v) is 15.0. The highest BCUT2D eigenvalue weighted by atomic mass is 16.3. The minimum atomic E-state index is -0.554. The third kappa shape index (κ3) is 2.95. The first-order valence-electron chi connectivity index (χ1n) is 8.70. The van der Waals surface area contributed by atoms with Crippen molar-refractivity contribution in [3.8, 4) is 5.88 Å². The minimum absolute atomic E-state index is 0.00535. The number of azo groups is 1. The van der Waals surface area contributed by atoms with Gasteiger partial charge in [-0.1, -0.05) is 42.5 Å². The lowest BCUT2D eigenvalue weighted by molar-refractivity contribution is 0.0990. The summed E-state index contributed by atoms with van der Waals surface area (Å²) in [6.45, 7) is 3.94. The molecule has 0 unspecified atom stereocenters. The number of hydrogen-bond acceptors (Lipinski definition) is 4. The average Bonchev–Trinajstić information content (AvgIpc) is 2.97. The summed E-state index contributed by atoms with van der Waals surface area (Å²) in [7, 11) is 0. The minimum Gasteiger partial charge on any atom is -0.493 e. The highest BCUT2D eigenvalue weighted by Crippen LogP contribution is 2.40. The fourth-order valence-electron chi connectivity index (χ4n) is 3.19. The van der Waals surface area contributed by atoms with Gasteiger partial charge in [0.1, 0.15) is 5.69 Å². The van der Waals surface area contributed by atoms with E-state index >= 15 is 0 Å². The van der Waals surface area contributed by atoms with Gasteiger partial charge in [-0.05, 0) is 32.0 Å². The molecule has 2 aromatic heterocycles. The smallest absolute Gasteiger partial charge is 0.313 e. The summed E-state index contributed by atoms with van der Waals surface area (Å²) in [4.78, 5) is 16.8. The van der Waals surface area contributed by atoms with Crippen LogP contribution in [-0.2, 0) is 0 Å². The summed E-state index contributed by atoms with van der Waals surface area (Å²) < 4.78 is 1.77. The molecule has 0 saturated heterocycles. The molecule has 2 heterocycles. The first-order valence-corrected chi connectivity index (χ1v) is 8.70. The van der Waals surface area contributed by atoms with Gasteiger partial charge in [0.15, 0.2) is 5.69 Å². The van der Waals surface area contributed by atoms with Gasteiger partial charge in [-0.2, -0.15) is 0 Å². The second kappa shape index (κ2) is 6.64. The number of fused-ring (bicyclic) bond motifs is 2. The van der Waals surface area contributed by atoms with E-state index in [1.54, 1.807) is 10.6 Å². The van der Waals surface area contributed by atoms with Crippen molar-refractivity contribution in [1.29, 1.82) is 0 Å². The molecule has 0 saturated carbocycles. The number of rotatable bonds is 3. The van der Waals surface area contributed by atoms with Gasteiger partial charge in [0, 0.05) is 16.8 Å². The second-order valence-electron chi connectivity index (χ2n) is 6.55. The largest absolute Gasteiger partial charge is 0.493 e. The predicted molar refractivity (Wildman–Crippen MR) is 105 cm³/mol. The quantitative estimate of drug-likeness (QED) is 0.498. The van der Waals surface area contributed by atoms with Gasteiger partial charge in [0.2, 0.25) is 5.88 Å². The molecule has 27 heavy (non-hydrogen) atoms. The number of benzene rings is 2. The fourth-order valence-corrected chi connectivity index (χ4v) is 3.19. The summed E-state index contributed by atoms with van der Waals surface area (Å²) in [5.74, 6) is -0.559. The Kier molecular flexibility index (Phi) is 4.16. The van der Waals surface area contributed by atoms with Crippen LogP contribution in [0.25, 0.3) is 21.8 Å². The molecule has 4 aromatic rings. The lowest BCUT2D eigenvalue weighted by Crippen LogP contribution is -1.99. The van der Waals surface area contributed by atoms with Crippen molar-refractivity contribution in [3.05, 3.63) is 66.4 Å². The fraction of sp³-hybridized carbons (Fsp3) is 0.143. The molecule has 1 N–H and O–H groups in total. The molecule has 1 amide bonds. The molecule has 0 bridgehead atoms. The molecule has 0 aliphatic heterocycles. The highest BCUT2D eigenvalue weighted by molar-refractivity contribution is 5.97. The van der Waals surface area contributed by atoms with Crippen molar-refractivity contribution in [2.24, 2.45) is 10.2 Å². The molecule has 2 aromatic carbocycles. The van der Waals surface area contributed by atoms with Crippen molar-refractivity contribution >= 4 is 33.4 Å². The second-order valence-corrected chi connectivity index (χ2v) is 6.55. The molecule has 0 radical (unpaired) electrons. The Bertz CT molecular complexity index is 1190. The van der Waals surface area contributed by atoms with Crippen LogP contribution in [0.3, 0.4) is 0 Å². The Morgan fingerprint density at radius 1 is 1.04 bits per heavy atom. The molecule has 134 valence electrons. The van der Waals surface area contributed by atoms with Gasteiger partial charge in [0.05, 0.1) is 11.0 Å². The van der Waals surface area contributed by atoms with Crippen LogP contribution in [0, 0.1) is 0 Å². The molecule has 0 aliphatic carbocycles. The van der Waals surface area contributed by atoms with E-state index in [0.29, 0.717) is 0 Å². The summed E-state index contributed by atoms with van der Waals surface area (Å²) in [6.07, 6.45) is 0. The van der Waals surface area contributed by atoms with Crippen LogP contribution in [0.15, 0.2) is 70.9 Å². The topological polar surface area (TPSA) is 79.8 Å². The van der Waals surface area contributed by atoms with E-state index in [4.69, 9.17) is 0 Å². The van der Waals surface area contributed by atoms with Gasteiger partial charge in [-0.15, -0.1) is 10.2 Å². The normalized spacial score (nSPS) is 11.8. The van der Waals surface area contributed by atoms with Crippen molar-refractivity contribution in [2.45, 2.75) is 19.9 Å². The van der Waals surface area contributed by atoms with Crippen LogP contribution < -0.4 is 0 Å². The summed E-state index contributed by atoms with van der Waals surface area (Å²) in [6, 6.07) is 18.5. The molecule has 0 atom stereocenters. The zero-order chi connectivity index (χ0) is 19.0. The highest BCUT2D eigenvalue weighted by Gasteiger charge is 2.18. The number of nitrogens with zero attached hydrogens (tertiary/aromatic N) is 4. The van der Waals surface area contributed by atoms with E-state index < -0.39 is 5.91 Å². The van der Waals surface area contributed by atoms with Gasteiger partial charge in [0.25, 0.3) is 0 Å². The molecule has 6 heteroatoms. The number of aromatic nitrogens is 2. The van der Waals surface area contributed by atoms with Crippen LogP contribution in [0.5, 0.6) is 5.88 Å². The molecule has 4 rings (SSSR count). The third-order valence-electron chi connectivity index (χ3n) is 4.43. The molecular weight excluding hydrogens is 340 g/mol. The van der Waals surface area contributed by atoms with E-state index in [1.165, 1.54) is 0 Å². The maximum atomic E-state index is 12.4. The van der Waals surface area contributed by atoms with Crippen molar-refractivity contribution in [3.63, 3.8) is 0 Å². The maximum Gasteiger partial charge on any atom is 0.313 e. The monoisotopic (exact) mass is 358 g/mol. The van der Waals surface area contributed by atoms with Crippen LogP contribution in [0.1, 0.15) is 30.4 Å². The van der Waals surface area contributed by atoms with Gasteiger partial charge in [-0.25, -0.2) is 4.98 Å². The van der Waals surface area contributed by atoms with E-state index in [1.807, 2.05) is 68.4 Å². The number of carbonyl (C=O) groups excluding carboxylic acids is 1. The van der Waals surface area contributed by atoms with Crippen LogP contribution in [0.2, 0.25) is 0 Å². The molecule has 6 nitrogen and oxygen atoms in total. The Hall–Kier alpha value is -3.54.